The molecule has 2 N–H and O–H groups in total. The summed E-state index contributed by atoms with van der Waals surface area (Å²) in [5.41, 5.74) is 4.17. The standard InChI is InChI=1S/C22H22FNO6S.C21H21FO7S.C18H19FO4S/c1-24-12-17(20(26)22(24)27)19(25)21-15(10-13-2-4-16(23)5-3-13)11-18(30-21)14-6-8-31(28,29)9-7-14;1-28-21(25)18(24)12-17(23)20-15(10-13-2-4-16(22)5-3-13)11-19(29-20)14-6-8-30(26,27)9-7-14;1-12(20)18-15(10-13-2-4-16(19)5-3-13)11-17(23-18)14-6-8-24(21,22)9-7-14/h2-5,11,14,26H,6-10,12H2,1H3;2-5,11-12,14,23H,6-10H2,1H3;2-5,11,14H,6-10H2,1H3. The molecule has 4 aliphatic heterocycles. The molecular formula is C61H62F3NO17S3. The van der Waals surface area contributed by atoms with Gasteiger partial charge in [-0.3, -0.25) is 19.2 Å². The van der Waals surface area contributed by atoms with Crippen LogP contribution in [-0.4, -0.2) is 125 Å². The molecule has 1 amide bonds. The van der Waals surface area contributed by atoms with Crippen LogP contribution in [-0.2, 0) is 67.9 Å². The Morgan fingerprint density at radius 3 is 1.24 bits per heavy atom. The van der Waals surface area contributed by atoms with Gasteiger partial charge in [-0.05, 0) is 110 Å². The van der Waals surface area contributed by atoms with Crippen LogP contribution in [0.15, 0.2) is 122 Å². The van der Waals surface area contributed by atoms with Gasteiger partial charge in [0.2, 0.25) is 5.78 Å². The molecule has 6 aromatic rings. The number of ketones is 3. The summed E-state index contributed by atoms with van der Waals surface area (Å²) in [6.07, 6.45) is 4.35. The molecular weight excluding hydrogens is 1170 g/mol. The molecule has 452 valence electrons. The van der Waals surface area contributed by atoms with E-state index in [1.54, 1.807) is 48.5 Å². The first-order valence-corrected chi connectivity index (χ1v) is 32.6. The van der Waals surface area contributed by atoms with Gasteiger partial charge in [0.1, 0.15) is 64.2 Å². The highest BCUT2D eigenvalue weighted by atomic mass is 32.2. The van der Waals surface area contributed by atoms with Gasteiger partial charge < -0.3 is 33.1 Å². The molecule has 0 saturated carbocycles. The van der Waals surface area contributed by atoms with E-state index in [0.29, 0.717) is 85.2 Å². The summed E-state index contributed by atoms with van der Waals surface area (Å²) in [4.78, 5) is 61.3. The number of sulfone groups is 3. The number of amides is 1. The molecule has 18 nitrogen and oxygen atoms in total. The predicted molar refractivity (Wildman–Crippen MR) is 305 cm³/mol. The second kappa shape index (κ2) is 26.6. The first kappa shape index (κ1) is 63.2. The molecule has 0 radical (unpaired) electrons. The second-order valence-corrected chi connectivity index (χ2v) is 28.4. The van der Waals surface area contributed by atoms with Crippen molar-refractivity contribution in [1.29, 1.82) is 0 Å². The average molecular weight is 1230 g/mol. The second-order valence-electron chi connectivity index (χ2n) is 21.5. The number of rotatable bonds is 15. The normalized spacial score (nSPS) is 18.0. The molecule has 3 saturated heterocycles. The molecule has 4 aliphatic rings. The minimum Gasteiger partial charge on any atom is -0.504 e. The number of furan rings is 3. The van der Waals surface area contributed by atoms with E-state index in [4.69, 9.17) is 13.3 Å². The maximum atomic E-state index is 13.3. The first-order valence-electron chi connectivity index (χ1n) is 27.2. The molecule has 3 aromatic carbocycles. The van der Waals surface area contributed by atoms with Crippen LogP contribution in [0.1, 0.15) is 141 Å². The van der Waals surface area contributed by atoms with E-state index in [-0.39, 0.29) is 112 Å². The molecule has 10 rings (SSSR count). The fourth-order valence-electron chi connectivity index (χ4n) is 10.4. The molecule has 85 heavy (non-hydrogen) atoms. The van der Waals surface area contributed by atoms with Crippen molar-refractivity contribution in [2.75, 3.05) is 55.2 Å². The molecule has 3 fully saturated rings. The molecule has 24 heteroatoms. The van der Waals surface area contributed by atoms with Crippen molar-refractivity contribution in [1.82, 2.24) is 4.90 Å². The van der Waals surface area contributed by atoms with Crippen LogP contribution in [0.5, 0.6) is 0 Å². The summed E-state index contributed by atoms with van der Waals surface area (Å²) in [6.45, 7) is 1.42. The van der Waals surface area contributed by atoms with Crippen molar-refractivity contribution in [2.24, 2.45) is 0 Å². The number of aliphatic hydroxyl groups is 2. The number of halogens is 3. The van der Waals surface area contributed by atoms with Gasteiger partial charge in [0.25, 0.3) is 11.7 Å². The number of likely N-dealkylation sites (N-methyl/N-ethyl adjacent to an activating group) is 1. The quantitative estimate of drug-likeness (QED) is 0.0318. The third-order valence-corrected chi connectivity index (χ3v) is 20.3. The van der Waals surface area contributed by atoms with Crippen LogP contribution in [0.2, 0.25) is 0 Å². The van der Waals surface area contributed by atoms with Gasteiger partial charge >= 0.3 is 5.97 Å². The number of hydrogen-bond acceptors (Lipinski definition) is 17. The van der Waals surface area contributed by atoms with Crippen molar-refractivity contribution >= 4 is 64.5 Å². The number of nitrogens with zero attached hydrogens (tertiary/aromatic N) is 1. The minimum atomic E-state index is -3.06. The molecule has 3 aromatic heterocycles. The highest BCUT2D eigenvalue weighted by Crippen LogP contribution is 2.38. The van der Waals surface area contributed by atoms with E-state index in [0.717, 1.165) is 29.4 Å². The Hall–Kier alpha value is -7.83. The topological polar surface area (TPSA) is 280 Å². The van der Waals surface area contributed by atoms with Gasteiger partial charge in [0.05, 0.1) is 53.7 Å². The average Bonchev–Trinajstić information content (AvgIpc) is 3.50. The number of aliphatic hydroxyl groups excluding tert-OH is 2. The van der Waals surface area contributed by atoms with Crippen LogP contribution < -0.4 is 0 Å². The third-order valence-electron chi connectivity index (χ3n) is 15.2. The number of methoxy groups -OCH3 is 1. The maximum absolute atomic E-state index is 13.3. The SMILES string of the molecule is CC(=O)c1oc(C2CCS(=O)(=O)CC2)cc1Cc1ccc(F)cc1.CN1CC(C(=O)c2oc(C3CCS(=O)(=O)CC3)cc2Cc2ccc(F)cc2)=C(O)C1=O.COC(=O)C(=O)C=C(O)c1oc(C2CCS(=O)(=O)CC2)cc1Cc1ccc(F)cc1. The number of carbonyl (C=O) groups is 5. The predicted octanol–water partition coefficient (Wildman–Crippen LogP) is 9.22. The number of benzene rings is 3. The van der Waals surface area contributed by atoms with E-state index in [1.165, 1.54) is 55.3 Å². The number of hydrogen-bond donors (Lipinski definition) is 2. The Morgan fingerprint density at radius 2 is 0.906 bits per heavy atom. The monoisotopic (exact) mass is 1230 g/mol. The lowest BCUT2D eigenvalue weighted by Gasteiger charge is -2.19. The van der Waals surface area contributed by atoms with Crippen LogP contribution in [0.25, 0.3) is 5.76 Å². The van der Waals surface area contributed by atoms with Crippen LogP contribution in [0, 0.1) is 17.5 Å². The fraction of sp³-hybridized carbons (Fsp3) is 0.361. The number of Topliss-reactive ketones (excluding diaryl/α,β-unsaturated/α-hetero) is 2. The maximum Gasteiger partial charge on any atom is 0.378 e. The van der Waals surface area contributed by atoms with E-state index >= 15 is 0 Å². The molecule has 0 aliphatic carbocycles. The molecule has 0 spiro atoms. The number of ether oxygens (including phenoxy) is 1. The van der Waals surface area contributed by atoms with E-state index in [2.05, 4.69) is 4.74 Å². The van der Waals surface area contributed by atoms with Gasteiger partial charge in [-0.15, -0.1) is 0 Å². The zero-order valence-electron chi connectivity index (χ0n) is 46.6. The van der Waals surface area contributed by atoms with Crippen LogP contribution >= 0.6 is 0 Å². The zero-order valence-corrected chi connectivity index (χ0v) is 49.1. The van der Waals surface area contributed by atoms with Crippen LogP contribution in [0.4, 0.5) is 13.2 Å². The highest BCUT2D eigenvalue weighted by molar-refractivity contribution is 7.91. The van der Waals surface area contributed by atoms with Crippen molar-refractivity contribution in [3.63, 3.8) is 0 Å². The lowest BCUT2D eigenvalue weighted by Crippen LogP contribution is -2.22. The molecule has 7 heterocycles. The van der Waals surface area contributed by atoms with Crippen molar-refractivity contribution < 1.29 is 90.6 Å². The summed E-state index contributed by atoms with van der Waals surface area (Å²) in [7, 11) is -6.53. The Bertz CT molecular complexity index is 3870. The number of carbonyl (C=O) groups excluding carboxylic acids is 5. The summed E-state index contributed by atoms with van der Waals surface area (Å²) in [5.74, 6) is -3.55. The molecule has 0 atom stereocenters. The Kier molecular flexibility index (Phi) is 19.8. The largest absolute Gasteiger partial charge is 0.504 e. The number of esters is 1. The first-order chi connectivity index (χ1) is 40.2. The lowest BCUT2D eigenvalue weighted by molar-refractivity contribution is -0.149. The molecule has 0 bridgehead atoms. The van der Waals surface area contributed by atoms with E-state index in [9.17, 15) is 72.6 Å². The van der Waals surface area contributed by atoms with Gasteiger partial charge in [-0.2, -0.15) is 0 Å². The Balaban J connectivity index is 0.000000167. The fourth-order valence-corrected chi connectivity index (χ4v) is 14.9. The molecule has 0 unspecified atom stereocenters. The summed E-state index contributed by atoms with van der Waals surface area (Å²) >= 11 is 0. The summed E-state index contributed by atoms with van der Waals surface area (Å²) in [6, 6.07) is 23.0. The van der Waals surface area contributed by atoms with Crippen molar-refractivity contribution in [3.05, 3.63) is 194 Å². The highest BCUT2D eigenvalue weighted by Gasteiger charge is 2.37. The van der Waals surface area contributed by atoms with Gasteiger partial charge in [0, 0.05) is 73.8 Å². The summed E-state index contributed by atoms with van der Waals surface area (Å²) < 4.78 is 131. The van der Waals surface area contributed by atoms with E-state index in [1.807, 2.05) is 6.07 Å². The lowest BCUT2D eigenvalue weighted by atomic mass is 9.97. The van der Waals surface area contributed by atoms with Crippen molar-refractivity contribution in [3.8, 4) is 0 Å². The minimum absolute atomic E-state index is 0.00000803. The smallest absolute Gasteiger partial charge is 0.378 e. The third kappa shape index (κ3) is 16.3. The van der Waals surface area contributed by atoms with E-state index < -0.39 is 64.5 Å². The van der Waals surface area contributed by atoms with Gasteiger partial charge in [0.15, 0.2) is 34.6 Å². The van der Waals surface area contributed by atoms with Gasteiger partial charge in [-0.25, -0.2) is 43.2 Å². The van der Waals surface area contributed by atoms with Crippen LogP contribution in [0.3, 0.4) is 0 Å². The summed E-state index contributed by atoms with van der Waals surface area (Å²) in [5, 5.41) is 20.5. The zero-order chi connectivity index (χ0) is 61.5. The van der Waals surface area contributed by atoms with Gasteiger partial charge in [-0.1, -0.05) is 36.4 Å². The van der Waals surface area contributed by atoms with Crippen molar-refractivity contribution in [2.45, 2.75) is 82.5 Å². The Morgan fingerprint density at radius 1 is 0.576 bits per heavy atom. The Labute approximate surface area is 489 Å².